The summed E-state index contributed by atoms with van der Waals surface area (Å²) in [6.07, 6.45) is 0. The number of hydrogen-bond acceptors (Lipinski definition) is 4. The molecule has 0 saturated heterocycles. The number of nitrogens with zero attached hydrogens (tertiary/aromatic N) is 1. The van der Waals surface area contributed by atoms with Crippen LogP contribution in [-0.4, -0.2) is 37.6 Å². The van der Waals surface area contributed by atoms with Gasteiger partial charge in [0.2, 0.25) is 5.91 Å². The van der Waals surface area contributed by atoms with Crippen LogP contribution >= 0.6 is 0 Å². The molecule has 0 aromatic heterocycles. The molecule has 0 aliphatic carbocycles. The van der Waals surface area contributed by atoms with Crippen LogP contribution in [0.15, 0.2) is 42.5 Å². The molecule has 2 aromatic carbocycles. The van der Waals surface area contributed by atoms with Crippen LogP contribution in [0, 0.1) is 5.82 Å². The van der Waals surface area contributed by atoms with Crippen molar-refractivity contribution < 1.29 is 18.7 Å². The standard InChI is InChI=1S/C20H25FN2O3/c1-5-23(13-15-7-6-8-16(21)11-15)14(2)20(24)22-18-12-17(25-3)9-10-19(18)26-4/h6-12,14H,5,13H2,1-4H3,(H,22,24). The molecule has 1 atom stereocenters. The van der Waals surface area contributed by atoms with E-state index in [1.54, 1.807) is 38.5 Å². The van der Waals surface area contributed by atoms with Gasteiger partial charge in [-0.15, -0.1) is 0 Å². The minimum Gasteiger partial charge on any atom is -0.497 e. The lowest BCUT2D eigenvalue weighted by atomic mass is 10.1. The molecule has 1 unspecified atom stereocenters. The van der Waals surface area contributed by atoms with Crippen molar-refractivity contribution in [1.29, 1.82) is 0 Å². The summed E-state index contributed by atoms with van der Waals surface area (Å²) in [5, 5.41) is 2.89. The van der Waals surface area contributed by atoms with E-state index >= 15 is 0 Å². The zero-order valence-corrected chi connectivity index (χ0v) is 15.6. The van der Waals surface area contributed by atoms with Gasteiger partial charge in [0.25, 0.3) is 0 Å². The Morgan fingerprint density at radius 1 is 1.19 bits per heavy atom. The predicted octanol–water partition coefficient (Wildman–Crippen LogP) is 3.69. The van der Waals surface area contributed by atoms with Gasteiger partial charge in [-0.2, -0.15) is 0 Å². The SMILES string of the molecule is CCN(Cc1cccc(F)c1)C(C)C(=O)Nc1cc(OC)ccc1OC. The fourth-order valence-corrected chi connectivity index (χ4v) is 2.71. The molecule has 26 heavy (non-hydrogen) atoms. The third-order valence-electron chi connectivity index (χ3n) is 4.27. The van der Waals surface area contributed by atoms with Crippen LogP contribution in [0.2, 0.25) is 0 Å². The highest BCUT2D eigenvalue weighted by atomic mass is 19.1. The van der Waals surface area contributed by atoms with Crippen molar-refractivity contribution in [1.82, 2.24) is 4.90 Å². The second kappa shape index (κ2) is 9.20. The first kappa shape index (κ1) is 19.7. The van der Waals surface area contributed by atoms with Gasteiger partial charge in [0.1, 0.15) is 17.3 Å². The van der Waals surface area contributed by atoms with E-state index in [9.17, 15) is 9.18 Å². The minimum absolute atomic E-state index is 0.171. The van der Waals surface area contributed by atoms with E-state index in [0.29, 0.717) is 30.3 Å². The zero-order chi connectivity index (χ0) is 19.1. The van der Waals surface area contributed by atoms with Gasteiger partial charge in [0, 0.05) is 12.6 Å². The van der Waals surface area contributed by atoms with Gasteiger partial charge >= 0.3 is 0 Å². The Balaban J connectivity index is 2.12. The summed E-state index contributed by atoms with van der Waals surface area (Å²) in [6.45, 7) is 4.93. The molecular weight excluding hydrogens is 335 g/mol. The number of amides is 1. The Morgan fingerprint density at radius 3 is 2.58 bits per heavy atom. The highest BCUT2D eigenvalue weighted by Gasteiger charge is 2.21. The van der Waals surface area contributed by atoms with Crippen molar-refractivity contribution in [3.05, 3.63) is 53.8 Å². The Bertz CT molecular complexity index is 752. The lowest BCUT2D eigenvalue weighted by Crippen LogP contribution is -2.41. The van der Waals surface area contributed by atoms with Crippen LogP contribution < -0.4 is 14.8 Å². The number of rotatable bonds is 8. The van der Waals surface area contributed by atoms with Crippen molar-refractivity contribution >= 4 is 11.6 Å². The van der Waals surface area contributed by atoms with Crippen LogP contribution in [0.3, 0.4) is 0 Å². The third-order valence-corrected chi connectivity index (χ3v) is 4.27. The summed E-state index contributed by atoms with van der Waals surface area (Å²) in [5.74, 6) is 0.729. The molecular formula is C20H25FN2O3. The molecule has 0 fully saturated rings. The van der Waals surface area contributed by atoms with Gasteiger partial charge in [-0.25, -0.2) is 4.39 Å². The van der Waals surface area contributed by atoms with Gasteiger partial charge in [0.05, 0.1) is 25.9 Å². The lowest BCUT2D eigenvalue weighted by molar-refractivity contribution is -0.120. The highest BCUT2D eigenvalue weighted by molar-refractivity contribution is 5.96. The second-order valence-electron chi connectivity index (χ2n) is 5.92. The fourth-order valence-electron chi connectivity index (χ4n) is 2.71. The minimum atomic E-state index is -0.404. The summed E-state index contributed by atoms with van der Waals surface area (Å²) in [7, 11) is 3.11. The maximum atomic E-state index is 13.4. The number of halogens is 1. The first-order valence-corrected chi connectivity index (χ1v) is 8.49. The van der Waals surface area contributed by atoms with Crippen LogP contribution in [0.4, 0.5) is 10.1 Å². The quantitative estimate of drug-likeness (QED) is 0.780. The van der Waals surface area contributed by atoms with Crippen molar-refractivity contribution in [3.63, 3.8) is 0 Å². The van der Waals surface area contributed by atoms with E-state index in [1.165, 1.54) is 12.1 Å². The molecule has 0 spiro atoms. The second-order valence-corrected chi connectivity index (χ2v) is 5.92. The molecule has 2 aromatic rings. The van der Waals surface area contributed by atoms with Crippen LogP contribution in [0.25, 0.3) is 0 Å². The number of methoxy groups -OCH3 is 2. The average molecular weight is 360 g/mol. The van der Waals surface area contributed by atoms with Gasteiger partial charge in [-0.1, -0.05) is 19.1 Å². The summed E-state index contributed by atoms with van der Waals surface area (Å²) in [6, 6.07) is 11.2. The molecule has 1 amide bonds. The molecule has 0 aliphatic rings. The van der Waals surface area contributed by atoms with E-state index in [4.69, 9.17) is 9.47 Å². The van der Waals surface area contributed by atoms with Crippen molar-refractivity contribution in [2.24, 2.45) is 0 Å². The Labute approximate surface area is 153 Å². The predicted molar refractivity (Wildman–Crippen MR) is 100 cm³/mol. The van der Waals surface area contributed by atoms with E-state index in [2.05, 4.69) is 5.32 Å². The molecule has 0 heterocycles. The van der Waals surface area contributed by atoms with Gasteiger partial charge in [-0.3, -0.25) is 9.69 Å². The largest absolute Gasteiger partial charge is 0.497 e. The number of benzene rings is 2. The van der Waals surface area contributed by atoms with Crippen LogP contribution in [-0.2, 0) is 11.3 Å². The van der Waals surface area contributed by atoms with Crippen molar-refractivity contribution in [2.45, 2.75) is 26.4 Å². The summed E-state index contributed by atoms with van der Waals surface area (Å²) in [4.78, 5) is 14.7. The van der Waals surface area contributed by atoms with E-state index in [0.717, 1.165) is 5.56 Å². The lowest BCUT2D eigenvalue weighted by Gasteiger charge is -2.27. The molecule has 2 rings (SSSR count). The molecule has 0 radical (unpaired) electrons. The van der Waals surface area contributed by atoms with Crippen LogP contribution in [0.1, 0.15) is 19.4 Å². The van der Waals surface area contributed by atoms with E-state index in [-0.39, 0.29) is 11.7 Å². The van der Waals surface area contributed by atoms with Gasteiger partial charge in [0.15, 0.2) is 0 Å². The third kappa shape index (κ3) is 4.95. The number of nitrogens with one attached hydrogen (secondary N) is 1. The monoisotopic (exact) mass is 360 g/mol. The normalized spacial score (nSPS) is 11.9. The van der Waals surface area contributed by atoms with Gasteiger partial charge < -0.3 is 14.8 Å². The summed E-state index contributed by atoms with van der Waals surface area (Å²) >= 11 is 0. The fraction of sp³-hybridized carbons (Fsp3) is 0.350. The molecule has 0 saturated carbocycles. The van der Waals surface area contributed by atoms with E-state index < -0.39 is 6.04 Å². The molecule has 1 N–H and O–H groups in total. The average Bonchev–Trinajstić information content (AvgIpc) is 2.65. The molecule has 0 bridgehead atoms. The molecule has 5 nitrogen and oxygen atoms in total. The Kier molecular flexibility index (Phi) is 6.97. The zero-order valence-electron chi connectivity index (χ0n) is 15.6. The Morgan fingerprint density at radius 2 is 1.96 bits per heavy atom. The van der Waals surface area contributed by atoms with Crippen molar-refractivity contribution in [2.75, 3.05) is 26.1 Å². The number of likely N-dealkylation sites (N-methyl/N-ethyl adjacent to an activating group) is 1. The number of ether oxygens (including phenoxy) is 2. The number of anilines is 1. The van der Waals surface area contributed by atoms with E-state index in [1.807, 2.05) is 24.8 Å². The first-order chi connectivity index (χ1) is 12.5. The molecule has 140 valence electrons. The maximum Gasteiger partial charge on any atom is 0.241 e. The number of hydrogen-bond donors (Lipinski definition) is 1. The summed E-state index contributed by atoms with van der Waals surface area (Å²) < 4.78 is 23.9. The van der Waals surface area contributed by atoms with Gasteiger partial charge in [-0.05, 0) is 43.3 Å². The molecule has 0 aliphatic heterocycles. The Hall–Kier alpha value is -2.60. The van der Waals surface area contributed by atoms with Crippen LogP contribution in [0.5, 0.6) is 11.5 Å². The smallest absolute Gasteiger partial charge is 0.241 e. The number of carbonyl (C=O) groups is 1. The molecule has 6 heteroatoms. The van der Waals surface area contributed by atoms with Crippen molar-refractivity contribution in [3.8, 4) is 11.5 Å². The topological polar surface area (TPSA) is 50.8 Å². The maximum absolute atomic E-state index is 13.4. The number of carbonyl (C=O) groups excluding carboxylic acids is 1. The highest BCUT2D eigenvalue weighted by Crippen LogP contribution is 2.29. The summed E-state index contributed by atoms with van der Waals surface area (Å²) in [5.41, 5.74) is 1.37. The first-order valence-electron chi connectivity index (χ1n) is 8.49.